The highest BCUT2D eigenvalue weighted by Gasteiger charge is 2.27. The quantitative estimate of drug-likeness (QED) is 0.592. The van der Waals surface area contributed by atoms with Crippen LogP contribution in [0, 0.1) is 0 Å². The van der Waals surface area contributed by atoms with Gasteiger partial charge >= 0.3 is 0 Å². The van der Waals surface area contributed by atoms with Crippen molar-refractivity contribution in [2.75, 3.05) is 6.54 Å². The summed E-state index contributed by atoms with van der Waals surface area (Å²) in [4.78, 5) is 0. The van der Waals surface area contributed by atoms with Crippen LogP contribution in [0.5, 0.6) is 0 Å². The van der Waals surface area contributed by atoms with Crippen molar-refractivity contribution < 1.29 is 0 Å². The predicted octanol–water partition coefficient (Wildman–Crippen LogP) is 0.928. The molecular weight excluding hydrogens is 166 g/mol. The van der Waals surface area contributed by atoms with Crippen molar-refractivity contribution in [1.82, 2.24) is 4.57 Å². The minimum Gasteiger partial charge on any atom is -0.324 e. The molecule has 11 heavy (non-hydrogen) atoms. The first kappa shape index (κ1) is 9.48. The van der Waals surface area contributed by atoms with Crippen molar-refractivity contribution in [1.29, 1.82) is 0 Å². The second kappa shape index (κ2) is 4.43. The van der Waals surface area contributed by atoms with E-state index >= 15 is 0 Å². The molecule has 1 aliphatic heterocycles. The van der Waals surface area contributed by atoms with Crippen LogP contribution in [0.4, 0.5) is 0 Å². The Morgan fingerprint density at radius 1 is 1.45 bits per heavy atom. The highest BCUT2D eigenvalue weighted by molar-refractivity contribution is 6.84. The molecule has 0 aromatic carbocycles. The van der Waals surface area contributed by atoms with Crippen molar-refractivity contribution in [3.8, 4) is 0 Å². The van der Waals surface area contributed by atoms with E-state index in [2.05, 4.69) is 25.3 Å². The van der Waals surface area contributed by atoms with E-state index in [1.54, 1.807) is 11.3 Å². The molecule has 66 valence electrons. The minimum absolute atomic E-state index is 0.296. The van der Waals surface area contributed by atoms with E-state index in [0.29, 0.717) is 9.52 Å². The molecule has 0 amide bonds. The Labute approximate surface area is 74.7 Å². The fourth-order valence-corrected chi connectivity index (χ4v) is 9.05. The molecule has 3 heteroatoms. The molecular formula is C8H21NSi2. The van der Waals surface area contributed by atoms with E-state index in [1.165, 1.54) is 13.0 Å². The highest BCUT2D eigenvalue weighted by atomic mass is 28.4. The smallest absolute Gasteiger partial charge is 0.106 e. The van der Waals surface area contributed by atoms with E-state index in [9.17, 15) is 0 Å². The Morgan fingerprint density at radius 3 is 2.36 bits per heavy atom. The summed E-state index contributed by atoms with van der Waals surface area (Å²) in [5.74, 6) is 0. The first-order valence-corrected chi connectivity index (χ1v) is 9.16. The van der Waals surface area contributed by atoms with Crippen LogP contribution in [-0.2, 0) is 0 Å². The van der Waals surface area contributed by atoms with Crippen molar-refractivity contribution in [3.63, 3.8) is 0 Å². The van der Waals surface area contributed by atoms with Gasteiger partial charge in [0.25, 0.3) is 0 Å². The molecule has 1 heterocycles. The average molecular weight is 187 g/mol. The van der Waals surface area contributed by atoms with Gasteiger partial charge < -0.3 is 4.57 Å². The minimum atomic E-state index is -0.296. The number of rotatable bonds is 4. The van der Waals surface area contributed by atoms with Crippen LogP contribution in [0.3, 0.4) is 0 Å². The van der Waals surface area contributed by atoms with Crippen LogP contribution in [0.1, 0.15) is 27.2 Å². The molecule has 0 spiro atoms. The topological polar surface area (TPSA) is 3.24 Å². The van der Waals surface area contributed by atoms with Crippen LogP contribution >= 0.6 is 0 Å². The third-order valence-electron chi connectivity index (χ3n) is 2.69. The van der Waals surface area contributed by atoms with Crippen molar-refractivity contribution in [2.24, 2.45) is 0 Å². The third-order valence-corrected chi connectivity index (χ3v) is 13.1. The van der Waals surface area contributed by atoms with Gasteiger partial charge in [0.05, 0.1) is 0 Å². The standard InChI is InChI=1S/C8H21NSi2/c1-4-5-9(8(2)3)11-6-10-7-11/h8,11H,4-7,10H2,1-3H3. The first-order chi connectivity index (χ1) is 5.25. The molecule has 1 nitrogen and oxygen atoms in total. The van der Waals surface area contributed by atoms with Gasteiger partial charge in [-0.2, -0.15) is 0 Å². The molecule has 1 rings (SSSR count). The van der Waals surface area contributed by atoms with Gasteiger partial charge in [-0.3, -0.25) is 0 Å². The van der Waals surface area contributed by atoms with Crippen molar-refractivity contribution in [2.45, 2.75) is 44.6 Å². The first-order valence-electron chi connectivity index (χ1n) is 5.01. The molecule has 0 N–H and O–H groups in total. The fraction of sp³-hybridized carbons (Fsp3) is 1.00. The zero-order chi connectivity index (χ0) is 8.27. The molecule has 0 atom stereocenters. The van der Waals surface area contributed by atoms with E-state index in [4.69, 9.17) is 0 Å². The molecule has 0 aliphatic carbocycles. The SMILES string of the molecule is CCCN(C(C)C)[SiH]1C[SiH2]C1. The van der Waals surface area contributed by atoms with Gasteiger partial charge in [-0.05, 0) is 19.0 Å². The maximum atomic E-state index is 2.83. The van der Waals surface area contributed by atoms with E-state index < -0.39 is 0 Å². The molecule has 0 bridgehead atoms. The monoisotopic (exact) mass is 187 g/mol. The van der Waals surface area contributed by atoms with Gasteiger partial charge in [0.15, 0.2) is 0 Å². The zero-order valence-electron chi connectivity index (χ0n) is 8.14. The lowest BCUT2D eigenvalue weighted by atomic mass is 10.4. The summed E-state index contributed by atoms with van der Waals surface area (Å²) >= 11 is 0. The molecule has 1 fully saturated rings. The van der Waals surface area contributed by atoms with E-state index in [1.807, 2.05) is 0 Å². The molecule has 1 saturated heterocycles. The Kier molecular flexibility index (Phi) is 3.82. The molecule has 0 saturated carbocycles. The van der Waals surface area contributed by atoms with Gasteiger partial charge in [0.1, 0.15) is 8.96 Å². The second-order valence-corrected chi connectivity index (χ2v) is 11.2. The van der Waals surface area contributed by atoms with Gasteiger partial charge in [-0.1, -0.05) is 32.1 Å². The summed E-state index contributed by atoms with van der Waals surface area (Å²) in [6, 6.07) is 0.834. The van der Waals surface area contributed by atoms with Gasteiger partial charge in [-0.15, -0.1) is 0 Å². The maximum absolute atomic E-state index is 2.83. The zero-order valence-corrected chi connectivity index (χ0v) is 10.7. The van der Waals surface area contributed by atoms with Crippen LogP contribution in [-0.4, -0.2) is 35.6 Å². The predicted molar refractivity (Wildman–Crippen MR) is 57.4 cm³/mol. The van der Waals surface area contributed by atoms with Crippen LogP contribution < -0.4 is 0 Å². The molecule has 0 radical (unpaired) electrons. The van der Waals surface area contributed by atoms with Gasteiger partial charge in [-0.25, -0.2) is 0 Å². The summed E-state index contributed by atoms with van der Waals surface area (Å²) in [7, 11) is 0.190. The Hall–Kier alpha value is 0.394. The summed E-state index contributed by atoms with van der Waals surface area (Å²) in [6.07, 6.45) is 1.35. The fourth-order valence-electron chi connectivity index (χ4n) is 1.84. The second-order valence-electron chi connectivity index (χ2n) is 3.92. The lowest BCUT2D eigenvalue weighted by Crippen LogP contribution is -2.50. The normalized spacial score (nSPS) is 26.5. The van der Waals surface area contributed by atoms with Crippen molar-refractivity contribution >= 4 is 18.5 Å². The Bertz CT molecular complexity index is 113. The van der Waals surface area contributed by atoms with Crippen molar-refractivity contribution in [3.05, 3.63) is 0 Å². The number of hydrogen-bond acceptors (Lipinski definition) is 1. The van der Waals surface area contributed by atoms with Gasteiger partial charge in [0, 0.05) is 9.52 Å². The largest absolute Gasteiger partial charge is 0.324 e. The number of hydrogen-bond donors (Lipinski definition) is 0. The van der Waals surface area contributed by atoms with E-state index in [0.717, 1.165) is 6.04 Å². The molecule has 0 aromatic heterocycles. The van der Waals surface area contributed by atoms with Crippen LogP contribution in [0.25, 0.3) is 0 Å². The summed E-state index contributed by atoms with van der Waals surface area (Å²) < 4.78 is 2.83. The summed E-state index contributed by atoms with van der Waals surface area (Å²) in [6.45, 7) is 8.41. The molecule has 0 unspecified atom stereocenters. The van der Waals surface area contributed by atoms with Gasteiger partial charge in [0.2, 0.25) is 0 Å². The Balaban J connectivity index is 2.31. The third kappa shape index (κ3) is 2.42. The summed E-state index contributed by atoms with van der Waals surface area (Å²) in [5, 5.41) is 0. The van der Waals surface area contributed by atoms with E-state index in [-0.39, 0.29) is 8.96 Å². The van der Waals surface area contributed by atoms with Crippen LogP contribution in [0.15, 0.2) is 0 Å². The molecule has 0 aromatic rings. The number of nitrogens with zero attached hydrogens (tertiary/aromatic N) is 1. The lowest BCUT2D eigenvalue weighted by Gasteiger charge is -2.38. The lowest BCUT2D eigenvalue weighted by molar-refractivity contribution is 0.360. The van der Waals surface area contributed by atoms with Crippen LogP contribution in [0.2, 0.25) is 11.3 Å². The summed E-state index contributed by atoms with van der Waals surface area (Å²) in [5.41, 5.74) is 3.44. The highest BCUT2D eigenvalue weighted by Crippen LogP contribution is 2.18. The molecule has 1 aliphatic rings. The average Bonchev–Trinajstić information content (AvgIpc) is 1.82. The maximum Gasteiger partial charge on any atom is 0.106 e. The Morgan fingerprint density at radius 2 is 2.09 bits per heavy atom.